The molecule has 140 valence electrons. The Kier molecular flexibility index (Phi) is 5.07. The van der Waals surface area contributed by atoms with Gasteiger partial charge in [0.1, 0.15) is 5.75 Å². The average Bonchev–Trinajstić information content (AvgIpc) is 3.10. The van der Waals surface area contributed by atoms with Gasteiger partial charge in [-0.1, -0.05) is 18.2 Å². The van der Waals surface area contributed by atoms with E-state index < -0.39 is 0 Å². The van der Waals surface area contributed by atoms with Crippen molar-refractivity contribution in [1.29, 1.82) is 0 Å². The highest BCUT2D eigenvalue weighted by Crippen LogP contribution is 2.33. The molecule has 2 atom stereocenters. The topological polar surface area (TPSA) is 58.6 Å². The lowest BCUT2D eigenvalue weighted by Crippen LogP contribution is -2.37. The second-order valence-corrected chi connectivity index (χ2v) is 7.72. The van der Waals surface area contributed by atoms with Gasteiger partial charge in [0.15, 0.2) is 0 Å². The van der Waals surface area contributed by atoms with E-state index in [4.69, 9.17) is 4.74 Å². The second kappa shape index (κ2) is 7.64. The molecule has 4 rings (SSSR count). The van der Waals surface area contributed by atoms with Gasteiger partial charge in [-0.05, 0) is 36.6 Å². The Bertz CT molecular complexity index is 853. The number of hydrogen-bond donors (Lipinski definition) is 1. The molecule has 1 N–H and O–H groups in total. The Morgan fingerprint density at radius 1 is 1.19 bits per heavy atom. The van der Waals surface area contributed by atoms with Crippen LogP contribution in [0.3, 0.4) is 0 Å². The summed E-state index contributed by atoms with van der Waals surface area (Å²) in [5.41, 5.74) is 1.86. The molecule has 0 saturated carbocycles. The van der Waals surface area contributed by atoms with Gasteiger partial charge in [-0.25, -0.2) is 0 Å². The van der Waals surface area contributed by atoms with Crippen LogP contribution in [0, 0.1) is 5.92 Å². The van der Waals surface area contributed by atoms with Crippen molar-refractivity contribution in [3.8, 4) is 5.75 Å². The molecule has 27 heavy (non-hydrogen) atoms. The monoisotopic (exact) mass is 382 g/mol. The summed E-state index contributed by atoms with van der Waals surface area (Å²) in [4.78, 5) is 28.1. The summed E-state index contributed by atoms with van der Waals surface area (Å²) < 4.78 is 5.66. The van der Waals surface area contributed by atoms with Crippen LogP contribution in [0.5, 0.6) is 5.75 Å². The highest BCUT2D eigenvalue weighted by molar-refractivity contribution is 7.98. The number of fused-ring (bicyclic) bond motifs is 1. The highest BCUT2D eigenvalue weighted by atomic mass is 32.2. The van der Waals surface area contributed by atoms with Gasteiger partial charge in [-0.3, -0.25) is 9.59 Å². The zero-order valence-electron chi connectivity index (χ0n) is 15.2. The Labute approximate surface area is 163 Å². The van der Waals surface area contributed by atoms with Crippen LogP contribution < -0.4 is 15.0 Å². The van der Waals surface area contributed by atoms with Gasteiger partial charge in [0, 0.05) is 35.5 Å². The zero-order chi connectivity index (χ0) is 18.8. The third kappa shape index (κ3) is 3.67. The number of rotatable bonds is 4. The quantitative estimate of drug-likeness (QED) is 0.824. The first-order chi connectivity index (χ1) is 13.2. The van der Waals surface area contributed by atoms with Gasteiger partial charge in [-0.15, -0.1) is 11.8 Å². The standard InChI is InChI=1S/C21H22N2O3S/c1-27-16-8-6-15(7-9-16)23-13-14(12-20(23)24)21(25)22-18-10-11-26-19-5-3-2-4-17(18)19/h2-9,14,18H,10-13H2,1H3,(H,22,25). The van der Waals surface area contributed by atoms with Crippen LogP contribution in [0.4, 0.5) is 5.69 Å². The van der Waals surface area contributed by atoms with E-state index in [1.165, 1.54) is 0 Å². The molecular weight excluding hydrogens is 360 g/mol. The first-order valence-electron chi connectivity index (χ1n) is 9.12. The third-order valence-electron chi connectivity index (χ3n) is 5.15. The number of ether oxygens (including phenoxy) is 1. The van der Waals surface area contributed by atoms with Gasteiger partial charge in [-0.2, -0.15) is 0 Å². The largest absolute Gasteiger partial charge is 0.493 e. The van der Waals surface area contributed by atoms with Crippen molar-refractivity contribution in [1.82, 2.24) is 5.32 Å². The highest BCUT2D eigenvalue weighted by Gasteiger charge is 2.36. The number of carbonyl (C=O) groups excluding carboxylic acids is 2. The first-order valence-corrected chi connectivity index (χ1v) is 10.3. The molecule has 0 aliphatic carbocycles. The second-order valence-electron chi connectivity index (χ2n) is 6.84. The van der Waals surface area contributed by atoms with Crippen molar-refractivity contribution in [2.45, 2.75) is 23.8 Å². The normalized spacial score (nSPS) is 21.5. The number of amides is 2. The van der Waals surface area contributed by atoms with Crippen LogP contribution in [0.25, 0.3) is 0 Å². The van der Waals surface area contributed by atoms with E-state index in [0.717, 1.165) is 28.3 Å². The van der Waals surface area contributed by atoms with E-state index in [1.54, 1.807) is 16.7 Å². The van der Waals surface area contributed by atoms with Crippen LogP contribution in [0.15, 0.2) is 53.4 Å². The predicted octanol–water partition coefficient (Wildman–Crippen LogP) is 3.40. The van der Waals surface area contributed by atoms with Gasteiger partial charge in [0.2, 0.25) is 11.8 Å². The summed E-state index contributed by atoms with van der Waals surface area (Å²) in [5.74, 6) is 0.438. The fourth-order valence-corrected chi connectivity index (χ4v) is 4.08. The lowest BCUT2D eigenvalue weighted by molar-refractivity contribution is -0.127. The first kappa shape index (κ1) is 17.9. The fraction of sp³-hybridized carbons (Fsp3) is 0.333. The number of benzene rings is 2. The molecule has 2 amide bonds. The number of nitrogens with zero attached hydrogens (tertiary/aromatic N) is 1. The molecule has 2 heterocycles. The summed E-state index contributed by atoms with van der Waals surface area (Å²) >= 11 is 1.66. The minimum atomic E-state index is -0.326. The van der Waals surface area contributed by atoms with Crippen LogP contribution in [0.1, 0.15) is 24.4 Å². The maximum Gasteiger partial charge on any atom is 0.227 e. The molecule has 0 spiro atoms. The number of hydrogen-bond acceptors (Lipinski definition) is 4. The molecule has 5 nitrogen and oxygen atoms in total. The number of carbonyl (C=O) groups is 2. The predicted molar refractivity (Wildman–Crippen MR) is 106 cm³/mol. The molecule has 0 bridgehead atoms. The summed E-state index contributed by atoms with van der Waals surface area (Å²) in [6, 6.07) is 15.6. The van der Waals surface area contributed by atoms with Gasteiger partial charge < -0.3 is 15.0 Å². The number of anilines is 1. The van der Waals surface area contributed by atoms with Crippen LogP contribution in [0.2, 0.25) is 0 Å². The van der Waals surface area contributed by atoms with Gasteiger partial charge in [0.25, 0.3) is 0 Å². The van der Waals surface area contributed by atoms with Crippen molar-refractivity contribution in [2.75, 3.05) is 24.3 Å². The summed E-state index contributed by atoms with van der Waals surface area (Å²) in [5, 5.41) is 3.13. The molecule has 2 aromatic carbocycles. The van der Waals surface area contributed by atoms with Crippen molar-refractivity contribution in [3.63, 3.8) is 0 Å². The van der Waals surface area contributed by atoms with E-state index in [9.17, 15) is 9.59 Å². The minimum absolute atomic E-state index is 0.000529. The Balaban J connectivity index is 1.44. The molecule has 6 heteroatoms. The van der Waals surface area contributed by atoms with Crippen molar-refractivity contribution < 1.29 is 14.3 Å². The molecule has 0 aromatic heterocycles. The van der Waals surface area contributed by atoms with E-state index >= 15 is 0 Å². The molecule has 2 unspecified atom stereocenters. The van der Waals surface area contributed by atoms with E-state index in [1.807, 2.05) is 54.8 Å². The van der Waals surface area contributed by atoms with E-state index in [-0.39, 0.29) is 30.2 Å². The lowest BCUT2D eigenvalue weighted by atomic mass is 9.99. The SMILES string of the molecule is CSc1ccc(N2CC(C(=O)NC3CCOc4ccccc43)CC2=O)cc1. The number of nitrogens with one attached hydrogen (secondary N) is 1. The Hall–Kier alpha value is -2.47. The van der Waals surface area contributed by atoms with E-state index in [2.05, 4.69) is 5.32 Å². The zero-order valence-corrected chi connectivity index (χ0v) is 16.0. The summed E-state index contributed by atoms with van der Waals surface area (Å²) in [7, 11) is 0. The summed E-state index contributed by atoms with van der Waals surface area (Å²) in [6.45, 7) is 1.01. The molecule has 2 aliphatic rings. The van der Waals surface area contributed by atoms with Crippen LogP contribution in [-0.4, -0.2) is 31.2 Å². The lowest BCUT2D eigenvalue weighted by Gasteiger charge is -2.27. The number of thioether (sulfide) groups is 1. The van der Waals surface area contributed by atoms with E-state index in [0.29, 0.717) is 13.2 Å². The molecule has 1 saturated heterocycles. The Morgan fingerprint density at radius 2 is 1.96 bits per heavy atom. The van der Waals surface area contributed by atoms with Crippen molar-refractivity contribution in [3.05, 3.63) is 54.1 Å². The minimum Gasteiger partial charge on any atom is -0.493 e. The van der Waals surface area contributed by atoms with Gasteiger partial charge >= 0.3 is 0 Å². The molecule has 2 aliphatic heterocycles. The summed E-state index contributed by atoms with van der Waals surface area (Å²) in [6.07, 6.45) is 3.01. The van der Waals surface area contributed by atoms with Crippen molar-refractivity contribution in [2.24, 2.45) is 5.92 Å². The molecule has 2 aromatic rings. The Morgan fingerprint density at radius 3 is 2.74 bits per heavy atom. The average molecular weight is 382 g/mol. The van der Waals surface area contributed by atoms with Crippen molar-refractivity contribution >= 4 is 29.3 Å². The fourth-order valence-electron chi connectivity index (χ4n) is 3.68. The maximum absolute atomic E-state index is 12.8. The van der Waals surface area contributed by atoms with Gasteiger partial charge in [0.05, 0.1) is 18.6 Å². The molecule has 1 fully saturated rings. The van der Waals surface area contributed by atoms with Crippen LogP contribution >= 0.6 is 11.8 Å². The molecular formula is C21H22N2O3S. The van der Waals surface area contributed by atoms with Crippen LogP contribution in [-0.2, 0) is 9.59 Å². The molecule has 0 radical (unpaired) electrons. The smallest absolute Gasteiger partial charge is 0.227 e. The maximum atomic E-state index is 12.8. The third-order valence-corrected chi connectivity index (χ3v) is 5.90. The number of para-hydroxylation sites is 1.